The second kappa shape index (κ2) is 6.77. The molecule has 22 heavy (non-hydrogen) atoms. The number of aliphatic hydroxyl groups is 1. The predicted octanol–water partition coefficient (Wildman–Crippen LogP) is 2.08. The van der Waals surface area contributed by atoms with E-state index in [0.717, 1.165) is 31.5 Å². The number of rotatable bonds is 4. The van der Waals surface area contributed by atoms with E-state index >= 15 is 0 Å². The van der Waals surface area contributed by atoms with Gasteiger partial charge in [0.15, 0.2) is 0 Å². The maximum Gasteiger partial charge on any atom is 0.258 e. The van der Waals surface area contributed by atoms with Crippen molar-refractivity contribution in [1.82, 2.24) is 14.3 Å². The number of halogens is 1. The standard InChI is InChI=1S/C16H20ClN3O2/c17-12-4-5-15-18-13(9-16(22)20(15)10-12)11-19-7-2-1-3-14(19)6-8-21/h4-5,9-10,14,21H,1-3,6-8,11H2. The molecule has 2 aromatic heterocycles. The summed E-state index contributed by atoms with van der Waals surface area (Å²) in [5.41, 5.74) is 1.28. The summed E-state index contributed by atoms with van der Waals surface area (Å²) in [6.45, 7) is 1.85. The Morgan fingerprint density at radius 1 is 1.36 bits per heavy atom. The number of hydrogen-bond donors (Lipinski definition) is 1. The molecule has 0 amide bonds. The predicted molar refractivity (Wildman–Crippen MR) is 86.2 cm³/mol. The zero-order chi connectivity index (χ0) is 15.5. The van der Waals surface area contributed by atoms with Gasteiger partial charge in [-0.15, -0.1) is 0 Å². The first-order chi connectivity index (χ1) is 10.7. The minimum absolute atomic E-state index is 0.113. The molecule has 0 saturated carbocycles. The SMILES string of the molecule is O=c1cc(CN2CCCCC2CCO)nc2ccc(Cl)cn12. The summed E-state index contributed by atoms with van der Waals surface area (Å²) in [6.07, 6.45) is 5.83. The Kier molecular flexibility index (Phi) is 4.76. The van der Waals surface area contributed by atoms with Gasteiger partial charge in [0, 0.05) is 31.5 Å². The van der Waals surface area contributed by atoms with E-state index in [9.17, 15) is 9.90 Å². The van der Waals surface area contributed by atoms with E-state index in [1.54, 1.807) is 24.4 Å². The van der Waals surface area contributed by atoms with Gasteiger partial charge in [-0.2, -0.15) is 0 Å². The Labute approximate surface area is 134 Å². The molecule has 6 heteroatoms. The van der Waals surface area contributed by atoms with Crippen molar-refractivity contribution < 1.29 is 5.11 Å². The highest BCUT2D eigenvalue weighted by molar-refractivity contribution is 6.30. The van der Waals surface area contributed by atoms with E-state index < -0.39 is 0 Å². The summed E-state index contributed by atoms with van der Waals surface area (Å²) >= 11 is 5.92. The van der Waals surface area contributed by atoms with E-state index in [1.807, 2.05) is 0 Å². The van der Waals surface area contributed by atoms with Crippen LogP contribution in [0.15, 0.2) is 29.2 Å². The van der Waals surface area contributed by atoms with E-state index in [1.165, 1.54) is 10.8 Å². The summed E-state index contributed by atoms with van der Waals surface area (Å²) in [5.74, 6) is 0. The normalized spacial score (nSPS) is 19.6. The zero-order valence-electron chi connectivity index (χ0n) is 12.4. The summed E-state index contributed by atoms with van der Waals surface area (Å²) in [6, 6.07) is 5.45. The number of aromatic nitrogens is 2. The highest BCUT2D eigenvalue weighted by Gasteiger charge is 2.22. The molecular formula is C16H20ClN3O2. The Balaban J connectivity index is 1.87. The van der Waals surface area contributed by atoms with Crippen LogP contribution in [0.3, 0.4) is 0 Å². The molecule has 118 valence electrons. The van der Waals surface area contributed by atoms with Gasteiger partial charge in [-0.3, -0.25) is 14.1 Å². The van der Waals surface area contributed by atoms with E-state index in [4.69, 9.17) is 11.6 Å². The van der Waals surface area contributed by atoms with Gasteiger partial charge in [-0.1, -0.05) is 18.0 Å². The second-order valence-corrected chi connectivity index (χ2v) is 6.23. The number of fused-ring (bicyclic) bond motifs is 1. The van der Waals surface area contributed by atoms with Gasteiger partial charge >= 0.3 is 0 Å². The minimum atomic E-state index is -0.113. The van der Waals surface area contributed by atoms with E-state index in [-0.39, 0.29) is 12.2 Å². The minimum Gasteiger partial charge on any atom is -0.396 e. The molecule has 1 fully saturated rings. The van der Waals surface area contributed by atoms with Gasteiger partial charge in [0.05, 0.1) is 10.7 Å². The Hall–Kier alpha value is -1.43. The molecule has 0 aliphatic carbocycles. The summed E-state index contributed by atoms with van der Waals surface area (Å²) < 4.78 is 1.47. The maximum absolute atomic E-state index is 12.2. The lowest BCUT2D eigenvalue weighted by atomic mass is 9.99. The molecule has 1 unspecified atom stereocenters. The average Bonchev–Trinajstić information content (AvgIpc) is 2.50. The smallest absolute Gasteiger partial charge is 0.258 e. The molecule has 3 rings (SSSR count). The third-order valence-corrected chi connectivity index (χ3v) is 4.48. The molecule has 1 atom stereocenters. The molecule has 0 aromatic carbocycles. The van der Waals surface area contributed by atoms with Crippen molar-refractivity contribution in [1.29, 1.82) is 0 Å². The lowest BCUT2D eigenvalue weighted by Gasteiger charge is -2.35. The van der Waals surface area contributed by atoms with Gasteiger partial charge < -0.3 is 5.11 Å². The van der Waals surface area contributed by atoms with Crippen LogP contribution >= 0.6 is 11.6 Å². The van der Waals surface area contributed by atoms with Crippen molar-refractivity contribution in [3.8, 4) is 0 Å². The van der Waals surface area contributed by atoms with Crippen molar-refractivity contribution in [3.63, 3.8) is 0 Å². The molecular weight excluding hydrogens is 302 g/mol. The lowest BCUT2D eigenvalue weighted by Crippen LogP contribution is -2.40. The van der Waals surface area contributed by atoms with Gasteiger partial charge in [-0.05, 0) is 37.9 Å². The van der Waals surface area contributed by atoms with Gasteiger partial charge in [-0.25, -0.2) is 4.98 Å². The number of piperidine rings is 1. The number of hydrogen-bond acceptors (Lipinski definition) is 4. The first kappa shape index (κ1) is 15.5. The first-order valence-electron chi connectivity index (χ1n) is 7.70. The summed E-state index contributed by atoms with van der Waals surface area (Å²) in [5, 5.41) is 9.72. The van der Waals surface area contributed by atoms with Crippen molar-refractivity contribution in [2.75, 3.05) is 13.2 Å². The van der Waals surface area contributed by atoms with E-state index in [2.05, 4.69) is 9.88 Å². The molecule has 0 bridgehead atoms. The van der Waals surface area contributed by atoms with Crippen LogP contribution in [0.1, 0.15) is 31.4 Å². The van der Waals surface area contributed by atoms with Crippen LogP contribution < -0.4 is 5.56 Å². The van der Waals surface area contributed by atoms with Crippen LogP contribution in [0.25, 0.3) is 5.65 Å². The molecule has 1 aliphatic heterocycles. The van der Waals surface area contributed by atoms with Crippen molar-refractivity contribution >= 4 is 17.2 Å². The van der Waals surface area contributed by atoms with Gasteiger partial charge in [0.1, 0.15) is 5.65 Å². The highest BCUT2D eigenvalue weighted by Crippen LogP contribution is 2.21. The number of likely N-dealkylation sites (tertiary alicyclic amines) is 1. The highest BCUT2D eigenvalue weighted by atomic mass is 35.5. The fourth-order valence-electron chi connectivity index (χ4n) is 3.16. The Morgan fingerprint density at radius 2 is 2.23 bits per heavy atom. The molecule has 0 spiro atoms. The Morgan fingerprint density at radius 3 is 3.05 bits per heavy atom. The topological polar surface area (TPSA) is 57.8 Å². The van der Waals surface area contributed by atoms with Crippen molar-refractivity contribution in [3.05, 3.63) is 45.5 Å². The molecule has 2 aromatic rings. The average molecular weight is 322 g/mol. The first-order valence-corrected chi connectivity index (χ1v) is 8.08. The van der Waals surface area contributed by atoms with E-state index in [0.29, 0.717) is 23.3 Å². The monoisotopic (exact) mass is 321 g/mol. The second-order valence-electron chi connectivity index (χ2n) is 5.79. The molecule has 1 aliphatic rings. The largest absolute Gasteiger partial charge is 0.396 e. The molecule has 1 N–H and O–H groups in total. The fraction of sp³-hybridized carbons (Fsp3) is 0.500. The number of pyridine rings is 1. The van der Waals surface area contributed by atoms with Crippen LogP contribution in [0.2, 0.25) is 5.02 Å². The third kappa shape index (κ3) is 3.32. The molecule has 0 radical (unpaired) electrons. The van der Waals surface area contributed by atoms with Crippen molar-refractivity contribution in [2.24, 2.45) is 0 Å². The summed E-state index contributed by atoms with van der Waals surface area (Å²) in [4.78, 5) is 19.1. The van der Waals surface area contributed by atoms with Crippen molar-refractivity contribution in [2.45, 2.75) is 38.3 Å². The third-order valence-electron chi connectivity index (χ3n) is 4.25. The van der Waals surface area contributed by atoms with Crippen LogP contribution in [0.5, 0.6) is 0 Å². The Bertz CT molecular complexity index is 714. The molecule has 3 heterocycles. The van der Waals surface area contributed by atoms with Crippen LogP contribution in [-0.2, 0) is 6.54 Å². The molecule has 1 saturated heterocycles. The van der Waals surface area contributed by atoms with Crippen LogP contribution in [0.4, 0.5) is 0 Å². The van der Waals surface area contributed by atoms with Gasteiger partial charge in [0.2, 0.25) is 0 Å². The van der Waals surface area contributed by atoms with Crippen LogP contribution in [-0.4, -0.2) is 38.6 Å². The zero-order valence-corrected chi connectivity index (χ0v) is 13.2. The lowest BCUT2D eigenvalue weighted by molar-refractivity contribution is 0.111. The number of nitrogens with zero attached hydrogens (tertiary/aromatic N) is 3. The number of aliphatic hydroxyl groups excluding tert-OH is 1. The quantitative estimate of drug-likeness (QED) is 0.936. The maximum atomic E-state index is 12.2. The fourth-order valence-corrected chi connectivity index (χ4v) is 3.32. The molecule has 5 nitrogen and oxygen atoms in total. The summed E-state index contributed by atoms with van der Waals surface area (Å²) in [7, 11) is 0. The van der Waals surface area contributed by atoms with Crippen LogP contribution in [0, 0.1) is 0 Å². The van der Waals surface area contributed by atoms with Gasteiger partial charge in [0.25, 0.3) is 5.56 Å².